The zero-order valence-corrected chi connectivity index (χ0v) is 16.8. The maximum absolute atomic E-state index is 11.7. The first-order valence-corrected chi connectivity index (χ1v) is 10.2. The third-order valence-electron chi connectivity index (χ3n) is 7.86. The normalized spacial score (nSPS) is 37.0. The molecule has 3 aliphatic carbocycles. The van der Waals surface area contributed by atoms with Crippen molar-refractivity contribution in [3.63, 3.8) is 0 Å². The van der Waals surface area contributed by atoms with Crippen molar-refractivity contribution in [1.82, 2.24) is 0 Å². The number of aryl methyl sites for hydroxylation is 1. The topological polar surface area (TPSA) is 52.6 Å². The fourth-order valence-electron chi connectivity index (χ4n) is 6.50. The number of benzene rings is 1. The third-order valence-corrected chi connectivity index (χ3v) is 7.86. The first-order valence-electron chi connectivity index (χ1n) is 10.2. The van der Waals surface area contributed by atoms with E-state index in [9.17, 15) is 9.59 Å². The van der Waals surface area contributed by atoms with Gasteiger partial charge in [0.15, 0.2) is 0 Å². The van der Waals surface area contributed by atoms with E-state index in [1.807, 2.05) is 6.07 Å². The minimum absolute atomic E-state index is 0.0645. The predicted molar refractivity (Wildman–Crippen MR) is 103 cm³/mol. The lowest BCUT2D eigenvalue weighted by molar-refractivity contribution is -0.173. The van der Waals surface area contributed by atoms with Crippen LogP contribution in [-0.4, -0.2) is 17.5 Å². The van der Waals surface area contributed by atoms with Gasteiger partial charge in [-0.2, -0.15) is 0 Å². The van der Waals surface area contributed by atoms with Crippen molar-refractivity contribution in [2.45, 2.75) is 77.7 Å². The SMILES string of the molecule is CC(=O)Oc1ccc2c(c1)CCC1C2CCC2(C)C1CCC2(C)OC(C)=O. The smallest absolute Gasteiger partial charge is 0.308 e. The molecule has 1 aromatic rings. The molecule has 0 amide bonds. The zero-order valence-electron chi connectivity index (χ0n) is 16.8. The lowest BCUT2D eigenvalue weighted by Crippen LogP contribution is -2.51. The van der Waals surface area contributed by atoms with Crippen molar-refractivity contribution in [1.29, 1.82) is 0 Å². The van der Waals surface area contributed by atoms with Gasteiger partial charge in [0.2, 0.25) is 0 Å². The Morgan fingerprint density at radius 2 is 1.81 bits per heavy atom. The molecule has 4 rings (SSSR count). The summed E-state index contributed by atoms with van der Waals surface area (Å²) < 4.78 is 11.2. The average Bonchev–Trinajstić information content (AvgIpc) is 2.84. The van der Waals surface area contributed by atoms with Crippen molar-refractivity contribution < 1.29 is 19.1 Å². The summed E-state index contributed by atoms with van der Waals surface area (Å²) in [6.07, 6.45) is 6.53. The van der Waals surface area contributed by atoms with Crippen LogP contribution < -0.4 is 4.74 Å². The monoisotopic (exact) mass is 370 g/mol. The quantitative estimate of drug-likeness (QED) is 0.555. The van der Waals surface area contributed by atoms with Crippen LogP contribution in [-0.2, 0) is 20.7 Å². The Kier molecular flexibility index (Phi) is 4.36. The minimum atomic E-state index is -0.339. The molecule has 4 heteroatoms. The van der Waals surface area contributed by atoms with Gasteiger partial charge in [-0.15, -0.1) is 0 Å². The van der Waals surface area contributed by atoms with E-state index < -0.39 is 0 Å². The molecule has 146 valence electrons. The molecule has 3 aliphatic rings. The van der Waals surface area contributed by atoms with Crippen LogP contribution in [0.5, 0.6) is 5.75 Å². The summed E-state index contributed by atoms with van der Waals surface area (Å²) >= 11 is 0. The Morgan fingerprint density at radius 1 is 1.04 bits per heavy atom. The number of fused-ring (bicyclic) bond motifs is 5. The zero-order chi connectivity index (χ0) is 19.4. The highest BCUT2D eigenvalue weighted by Gasteiger charge is 2.61. The van der Waals surface area contributed by atoms with E-state index in [0.29, 0.717) is 23.5 Å². The van der Waals surface area contributed by atoms with Gasteiger partial charge in [-0.3, -0.25) is 9.59 Å². The molecule has 4 nitrogen and oxygen atoms in total. The van der Waals surface area contributed by atoms with Crippen LogP contribution in [0.4, 0.5) is 0 Å². The maximum atomic E-state index is 11.7. The van der Waals surface area contributed by atoms with Crippen LogP contribution in [0, 0.1) is 17.3 Å². The van der Waals surface area contributed by atoms with Gasteiger partial charge in [0.25, 0.3) is 0 Å². The molecule has 0 aliphatic heterocycles. The molecule has 0 saturated heterocycles. The first kappa shape index (κ1) is 18.5. The van der Waals surface area contributed by atoms with Crippen molar-refractivity contribution in [2.75, 3.05) is 0 Å². The second-order valence-electron chi connectivity index (χ2n) is 9.19. The van der Waals surface area contributed by atoms with Crippen LogP contribution in [0.3, 0.4) is 0 Å². The Hall–Kier alpha value is -1.84. The largest absolute Gasteiger partial charge is 0.459 e. The van der Waals surface area contributed by atoms with E-state index in [1.165, 1.54) is 25.0 Å². The van der Waals surface area contributed by atoms with Crippen LogP contribution >= 0.6 is 0 Å². The average molecular weight is 370 g/mol. The molecule has 0 spiro atoms. The van der Waals surface area contributed by atoms with Gasteiger partial charge >= 0.3 is 11.9 Å². The molecule has 0 radical (unpaired) electrons. The van der Waals surface area contributed by atoms with Crippen molar-refractivity contribution >= 4 is 11.9 Å². The Bertz CT molecular complexity index is 785. The van der Waals surface area contributed by atoms with Crippen LogP contribution in [0.2, 0.25) is 0 Å². The van der Waals surface area contributed by atoms with Gasteiger partial charge in [-0.05, 0) is 86.5 Å². The van der Waals surface area contributed by atoms with Gasteiger partial charge in [0.05, 0.1) is 0 Å². The van der Waals surface area contributed by atoms with Gasteiger partial charge in [0, 0.05) is 19.3 Å². The molecule has 5 atom stereocenters. The van der Waals surface area contributed by atoms with E-state index >= 15 is 0 Å². The molecular weight excluding hydrogens is 340 g/mol. The number of hydrogen-bond donors (Lipinski definition) is 0. The van der Waals surface area contributed by atoms with Crippen molar-refractivity contribution in [3.05, 3.63) is 29.3 Å². The van der Waals surface area contributed by atoms with Crippen LogP contribution in [0.1, 0.15) is 76.8 Å². The number of hydrogen-bond acceptors (Lipinski definition) is 4. The Balaban J connectivity index is 1.61. The van der Waals surface area contributed by atoms with Crippen LogP contribution in [0.15, 0.2) is 18.2 Å². The van der Waals surface area contributed by atoms with Gasteiger partial charge in [-0.25, -0.2) is 0 Å². The lowest BCUT2D eigenvalue weighted by Gasteiger charge is -2.53. The number of carbonyl (C=O) groups is 2. The summed E-state index contributed by atoms with van der Waals surface area (Å²) in [5.74, 6) is 2.04. The molecule has 0 aromatic heterocycles. The summed E-state index contributed by atoms with van der Waals surface area (Å²) in [5, 5.41) is 0. The molecule has 2 saturated carbocycles. The number of carbonyl (C=O) groups excluding carboxylic acids is 2. The van der Waals surface area contributed by atoms with E-state index in [2.05, 4.69) is 26.0 Å². The Morgan fingerprint density at radius 3 is 2.52 bits per heavy atom. The number of esters is 2. The highest BCUT2D eigenvalue weighted by molar-refractivity contribution is 5.69. The standard InChI is InChI=1S/C23H30O4/c1-14(24)26-17-6-8-18-16(13-17)5-7-20-19(18)9-11-22(3)21(20)10-12-23(22,4)27-15(2)25/h6,8,13,19-21H,5,7,9-12H2,1-4H3. The molecule has 0 heterocycles. The number of rotatable bonds is 2. The van der Waals surface area contributed by atoms with Gasteiger partial charge in [0.1, 0.15) is 11.4 Å². The van der Waals surface area contributed by atoms with E-state index in [-0.39, 0.29) is 23.0 Å². The van der Waals surface area contributed by atoms with E-state index in [0.717, 1.165) is 38.5 Å². The van der Waals surface area contributed by atoms with Gasteiger partial charge < -0.3 is 9.47 Å². The molecule has 0 bridgehead atoms. The second-order valence-corrected chi connectivity index (χ2v) is 9.19. The summed E-state index contributed by atoms with van der Waals surface area (Å²) in [4.78, 5) is 23.0. The summed E-state index contributed by atoms with van der Waals surface area (Å²) in [5.41, 5.74) is 2.49. The highest BCUT2D eigenvalue weighted by Crippen LogP contribution is 2.65. The summed E-state index contributed by atoms with van der Waals surface area (Å²) in [6.45, 7) is 7.48. The third kappa shape index (κ3) is 2.88. The lowest BCUT2D eigenvalue weighted by atomic mass is 9.53. The molecule has 27 heavy (non-hydrogen) atoms. The molecular formula is C23H30O4. The number of ether oxygens (including phenoxy) is 2. The van der Waals surface area contributed by atoms with Crippen LogP contribution in [0.25, 0.3) is 0 Å². The molecule has 5 unspecified atom stereocenters. The van der Waals surface area contributed by atoms with Crippen molar-refractivity contribution in [2.24, 2.45) is 17.3 Å². The highest BCUT2D eigenvalue weighted by atomic mass is 16.6. The Labute approximate surface area is 161 Å². The fourth-order valence-corrected chi connectivity index (χ4v) is 6.50. The van der Waals surface area contributed by atoms with E-state index in [4.69, 9.17) is 9.47 Å². The maximum Gasteiger partial charge on any atom is 0.308 e. The molecule has 1 aromatic carbocycles. The minimum Gasteiger partial charge on any atom is -0.459 e. The fraction of sp³-hybridized carbons (Fsp3) is 0.652. The summed E-state index contributed by atoms with van der Waals surface area (Å²) in [6, 6.07) is 6.17. The van der Waals surface area contributed by atoms with Crippen molar-refractivity contribution in [3.8, 4) is 5.75 Å². The summed E-state index contributed by atoms with van der Waals surface area (Å²) in [7, 11) is 0. The van der Waals surface area contributed by atoms with E-state index in [1.54, 1.807) is 0 Å². The first-order chi connectivity index (χ1) is 12.7. The molecule has 0 N–H and O–H groups in total. The van der Waals surface area contributed by atoms with Gasteiger partial charge in [-0.1, -0.05) is 13.0 Å². The molecule has 2 fully saturated rings. The second kappa shape index (κ2) is 6.35. The predicted octanol–water partition coefficient (Wildman–Crippen LogP) is 4.79.